The molecular formula is C9H11IN2O4S. The van der Waals surface area contributed by atoms with Gasteiger partial charge in [0.15, 0.2) is 0 Å². The van der Waals surface area contributed by atoms with E-state index in [1.54, 1.807) is 0 Å². The zero-order chi connectivity index (χ0) is 12.9. The SMILES string of the molecule is O=C(NCCI)Nc1cccc(S(=O)(=O)O)c1. The van der Waals surface area contributed by atoms with E-state index in [1.807, 2.05) is 0 Å². The lowest BCUT2D eigenvalue weighted by atomic mass is 10.3. The van der Waals surface area contributed by atoms with E-state index < -0.39 is 16.1 Å². The van der Waals surface area contributed by atoms with Crippen LogP contribution in [-0.2, 0) is 10.1 Å². The second-order valence-corrected chi connectivity index (χ2v) is 5.57. The molecule has 6 nitrogen and oxygen atoms in total. The molecule has 0 saturated carbocycles. The Balaban J connectivity index is 2.76. The molecule has 0 spiro atoms. The van der Waals surface area contributed by atoms with Crippen LogP contribution in [0, 0.1) is 0 Å². The van der Waals surface area contributed by atoms with Crippen LogP contribution in [0.15, 0.2) is 29.2 Å². The standard InChI is InChI=1S/C9H11IN2O4S/c10-4-5-11-9(13)12-7-2-1-3-8(6-7)17(14,15)16/h1-3,6H,4-5H2,(H2,11,12,13)(H,14,15,16). The van der Waals surface area contributed by atoms with Crippen LogP contribution in [0.3, 0.4) is 0 Å². The molecule has 0 atom stereocenters. The molecule has 0 unspecified atom stereocenters. The van der Waals surface area contributed by atoms with Gasteiger partial charge in [-0.15, -0.1) is 0 Å². The zero-order valence-corrected chi connectivity index (χ0v) is 11.7. The van der Waals surface area contributed by atoms with Crippen molar-refractivity contribution in [2.45, 2.75) is 4.90 Å². The van der Waals surface area contributed by atoms with Crippen LogP contribution in [0.25, 0.3) is 0 Å². The third-order valence-corrected chi connectivity index (χ3v) is 3.16. The van der Waals surface area contributed by atoms with Gasteiger partial charge >= 0.3 is 6.03 Å². The summed E-state index contributed by atoms with van der Waals surface area (Å²) >= 11 is 2.11. The van der Waals surface area contributed by atoms with Crippen LogP contribution in [0.2, 0.25) is 0 Å². The summed E-state index contributed by atoms with van der Waals surface area (Å²) in [6.45, 7) is 0.518. The molecule has 1 aromatic rings. The molecule has 0 aromatic heterocycles. The number of benzene rings is 1. The highest BCUT2D eigenvalue weighted by atomic mass is 127. The molecule has 0 radical (unpaired) electrons. The third-order valence-electron chi connectivity index (χ3n) is 1.77. The van der Waals surface area contributed by atoms with Crippen molar-refractivity contribution < 1.29 is 17.8 Å². The molecule has 2 amide bonds. The fourth-order valence-corrected chi connectivity index (χ4v) is 1.87. The van der Waals surface area contributed by atoms with E-state index in [-0.39, 0.29) is 4.90 Å². The predicted octanol–water partition coefficient (Wildman–Crippen LogP) is 1.49. The molecule has 3 N–H and O–H groups in total. The van der Waals surface area contributed by atoms with Gasteiger partial charge in [-0.3, -0.25) is 4.55 Å². The maximum atomic E-state index is 11.3. The number of carbonyl (C=O) groups excluding carboxylic acids is 1. The lowest BCUT2D eigenvalue weighted by molar-refractivity contribution is 0.252. The molecule has 0 aliphatic rings. The van der Waals surface area contributed by atoms with Gasteiger partial charge in [0.25, 0.3) is 10.1 Å². The average molecular weight is 370 g/mol. The molecule has 0 bridgehead atoms. The minimum atomic E-state index is -4.25. The topological polar surface area (TPSA) is 95.5 Å². The van der Waals surface area contributed by atoms with Crippen molar-refractivity contribution in [2.75, 3.05) is 16.3 Å². The normalized spacial score (nSPS) is 10.9. The van der Waals surface area contributed by atoms with E-state index in [2.05, 4.69) is 33.2 Å². The second kappa shape index (κ2) is 6.17. The predicted molar refractivity (Wildman–Crippen MR) is 72.2 cm³/mol. The Bertz CT molecular complexity index is 503. The summed E-state index contributed by atoms with van der Waals surface area (Å²) in [6, 6.07) is 4.95. The van der Waals surface area contributed by atoms with Gasteiger partial charge in [0.1, 0.15) is 0 Å². The number of amides is 2. The zero-order valence-electron chi connectivity index (χ0n) is 8.68. The Morgan fingerprint density at radius 2 is 2.12 bits per heavy atom. The smallest absolute Gasteiger partial charge is 0.319 e. The van der Waals surface area contributed by atoms with Crippen molar-refractivity contribution in [1.29, 1.82) is 0 Å². The first-order valence-corrected chi connectivity index (χ1v) is 7.58. The molecule has 17 heavy (non-hydrogen) atoms. The van der Waals surface area contributed by atoms with Gasteiger partial charge in [-0.25, -0.2) is 4.79 Å². The first-order valence-electron chi connectivity index (χ1n) is 4.62. The minimum Gasteiger partial charge on any atom is -0.337 e. The number of hydrogen-bond acceptors (Lipinski definition) is 3. The average Bonchev–Trinajstić information content (AvgIpc) is 2.25. The Morgan fingerprint density at radius 3 is 2.71 bits per heavy atom. The summed E-state index contributed by atoms with van der Waals surface area (Å²) in [6.07, 6.45) is 0. The highest BCUT2D eigenvalue weighted by molar-refractivity contribution is 14.1. The molecule has 0 saturated heterocycles. The van der Waals surface area contributed by atoms with Crippen LogP contribution in [-0.4, -0.2) is 30.0 Å². The van der Waals surface area contributed by atoms with Crippen molar-refractivity contribution in [3.63, 3.8) is 0 Å². The van der Waals surface area contributed by atoms with E-state index >= 15 is 0 Å². The molecule has 0 aliphatic carbocycles. The van der Waals surface area contributed by atoms with Gasteiger partial charge in [-0.2, -0.15) is 8.42 Å². The van der Waals surface area contributed by atoms with E-state index in [0.717, 1.165) is 4.43 Å². The second-order valence-electron chi connectivity index (χ2n) is 3.07. The Kier molecular flexibility index (Phi) is 5.15. The number of rotatable bonds is 4. The van der Waals surface area contributed by atoms with Gasteiger partial charge in [0.05, 0.1) is 4.90 Å². The third kappa shape index (κ3) is 4.88. The monoisotopic (exact) mass is 370 g/mol. The highest BCUT2D eigenvalue weighted by Crippen LogP contribution is 2.14. The van der Waals surface area contributed by atoms with Gasteiger partial charge in [-0.05, 0) is 18.2 Å². The van der Waals surface area contributed by atoms with Crippen molar-refractivity contribution in [3.05, 3.63) is 24.3 Å². The van der Waals surface area contributed by atoms with E-state index in [9.17, 15) is 13.2 Å². The van der Waals surface area contributed by atoms with E-state index in [4.69, 9.17) is 4.55 Å². The van der Waals surface area contributed by atoms with Crippen molar-refractivity contribution in [2.24, 2.45) is 0 Å². The number of carbonyl (C=O) groups is 1. The minimum absolute atomic E-state index is 0.260. The molecule has 1 aromatic carbocycles. The fourth-order valence-electron chi connectivity index (χ4n) is 1.07. The Labute approximate surface area is 113 Å². The quantitative estimate of drug-likeness (QED) is 0.425. The largest absolute Gasteiger partial charge is 0.337 e. The summed E-state index contributed by atoms with van der Waals surface area (Å²) < 4.78 is 31.3. The van der Waals surface area contributed by atoms with Crippen LogP contribution in [0.5, 0.6) is 0 Å². The van der Waals surface area contributed by atoms with Gasteiger partial charge in [0.2, 0.25) is 0 Å². The van der Waals surface area contributed by atoms with Crippen molar-refractivity contribution in [3.8, 4) is 0 Å². The maximum absolute atomic E-state index is 11.3. The van der Waals surface area contributed by atoms with Crippen LogP contribution >= 0.6 is 22.6 Å². The molecule has 0 heterocycles. The Hall–Kier alpha value is -0.870. The number of hydrogen-bond donors (Lipinski definition) is 3. The van der Waals surface area contributed by atoms with Crippen LogP contribution in [0.1, 0.15) is 0 Å². The molecular weight excluding hydrogens is 359 g/mol. The molecule has 8 heteroatoms. The molecule has 1 rings (SSSR count). The van der Waals surface area contributed by atoms with Crippen molar-refractivity contribution >= 4 is 44.4 Å². The number of urea groups is 1. The number of anilines is 1. The first kappa shape index (κ1) is 14.2. The molecule has 0 fully saturated rings. The molecule has 94 valence electrons. The summed E-state index contributed by atoms with van der Waals surface area (Å²) in [7, 11) is -4.25. The number of nitrogens with one attached hydrogen (secondary N) is 2. The fraction of sp³-hybridized carbons (Fsp3) is 0.222. The van der Waals surface area contributed by atoms with Gasteiger partial charge in [0, 0.05) is 16.7 Å². The van der Waals surface area contributed by atoms with Crippen LogP contribution < -0.4 is 10.6 Å². The lowest BCUT2D eigenvalue weighted by Gasteiger charge is -2.07. The first-order chi connectivity index (χ1) is 7.93. The molecule has 0 aliphatic heterocycles. The van der Waals surface area contributed by atoms with Gasteiger partial charge < -0.3 is 10.6 Å². The summed E-state index contributed by atoms with van der Waals surface area (Å²) in [5, 5.41) is 5.03. The van der Waals surface area contributed by atoms with E-state index in [0.29, 0.717) is 12.2 Å². The van der Waals surface area contributed by atoms with Gasteiger partial charge in [-0.1, -0.05) is 28.7 Å². The summed E-state index contributed by atoms with van der Waals surface area (Å²) in [4.78, 5) is 11.0. The maximum Gasteiger partial charge on any atom is 0.319 e. The summed E-state index contributed by atoms with van der Waals surface area (Å²) in [5.74, 6) is 0. The van der Waals surface area contributed by atoms with Crippen molar-refractivity contribution in [1.82, 2.24) is 5.32 Å². The lowest BCUT2D eigenvalue weighted by Crippen LogP contribution is -2.30. The van der Waals surface area contributed by atoms with E-state index in [1.165, 1.54) is 24.3 Å². The number of alkyl halides is 1. The Morgan fingerprint density at radius 1 is 1.41 bits per heavy atom. The summed E-state index contributed by atoms with van der Waals surface area (Å²) in [5.41, 5.74) is 0.297. The van der Waals surface area contributed by atoms with Crippen LogP contribution in [0.4, 0.5) is 10.5 Å². The number of halogens is 1. The highest BCUT2D eigenvalue weighted by Gasteiger charge is 2.10.